The predicted molar refractivity (Wildman–Crippen MR) is 56.7 cm³/mol. The molecule has 1 aliphatic heterocycles. The first-order chi connectivity index (χ1) is 5.84. The summed E-state index contributed by atoms with van der Waals surface area (Å²) in [6.45, 7) is 1.03. The predicted octanol–water partition coefficient (Wildman–Crippen LogP) is 2.58. The summed E-state index contributed by atoms with van der Waals surface area (Å²) in [7, 11) is 0. The minimum atomic E-state index is 0.551. The fourth-order valence-electron chi connectivity index (χ4n) is 1.34. The van der Waals surface area contributed by atoms with Crippen molar-refractivity contribution in [2.24, 2.45) is 0 Å². The summed E-state index contributed by atoms with van der Waals surface area (Å²) in [5.74, 6) is 0. The summed E-state index contributed by atoms with van der Waals surface area (Å²) in [6, 6.07) is 2.74. The van der Waals surface area contributed by atoms with E-state index in [9.17, 15) is 0 Å². The van der Waals surface area contributed by atoms with Gasteiger partial charge in [0, 0.05) is 33.7 Å². The van der Waals surface area contributed by atoms with Crippen LogP contribution >= 0.6 is 27.3 Å². The van der Waals surface area contributed by atoms with Crippen molar-refractivity contribution in [1.29, 1.82) is 0 Å². The zero-order chi connectivity index (χ0) is 8.39. The van der Waals surface area contributed by atoms with Gasteiger partial charge in [0.15, 0.2) is 0 Å². The number of nitrogens with one attached hydrogen (secondary N) is 1. The van der Waals surface area contributed by atoms with E-state index in [1.807, 2.05) is 11.3 Å². The number of halogens is 1. The van der Waals surface area contributed by atoms with Gasteiger partial charge in [-0.05, 0) is 22.0 Å². The second kappa shape index (κ2) is 3.73. The van der Waals surface area contributed by atoms with Crippen molar-refractivity contribution in [1.82, 2.24) is 5.32 Å². The molecule has 2 rings (SSSR count). The van der Waals surface area contributed by atoms with Crippen molar-refractivity contribution < 1.29 is 0 Å². The maximum Gasteiger partial charge on any atom is 0.0301 e. The summed E-state index contributed by atoms with van der Waals surface area (Å²) >= 11 is 5.27. The van der Waals surface area contributed by atoms with Crippen molar-refractivity contribution in [3.63, 3.8) is 0 Å². The largest absolute Gasteiger partial charge is 0.307 e. The SMILES string of the molecule is Brc1csc(CC2C=CCN2)c1. The Hall–Kier alpha value is -0.120. The highest BCUT2D eigenvalue weighted by molar-refractivity contribution is 9.10. The zero-order valence-corrected chi connectivity index (χ0v) is 8.99. The first-order valence-corrected chi connectivity index (χ1v) is 5.65. The summed E-state index contributed by atoms with van der Waals surface area (Å²) in [5, 5.41) is 5.53. The second-order valence-electron chi connectivity index (χ2n) is 2.88. The first-order valence-electron chi connectivity index (χ1n) is 3.97. The van der Waals surface area contributed by atoms with Crippen LogP contribution in [0.2, 0.25) is 0 Å². The highest BCUT2D eigenvalue weighted by Gasteiger charge is 2.09. The van der Waals surface area contributed by atoms with E-state index in [1.165, 1.54) is 9.35 Å². The van der Waals surface area contributed by atoms with Gasteiger partial charge < -0.3 is 5.32 Å². The molecule has 1 atom stereocenters. The van der Waals surface area contributed by atoms with Crippen molar-refractivity contribution in [2.45, 2.75) is 12.5 Å². The molecule has 1 N–H and O–H groups in total. The van der Waals surface area contributed by atoms with Crippen LogP contribution in [0.15, 0.2) is 28.1 Å². The Labute approximate surface area is 84.6 Å². The minimum absolute atomic E-state index is 0.551. The van der Waals surface area contributed by atoms with Gasteiger partial charge in [0.25, 0.3) is 0 Å². The van der Waals surface area contributed by atoms with Crippen LogP contribution in [0.1, 0.15) is 4.88 Å². The number of hydrogen-bond donors (Lipinski definition) is 1. The molecule has 12 heavy (non-hydrogen) atoms. The minimum Gasteiger partial charge on any atom is -0.307 e. The van der Waals surface area contributed by atoms with E-state index >= 15 is 0 Å². The van der Waals surface area contributed by atoms with E-state index in [0.29, 0.717) is 6.04 Å². The van der Waals surface area contributed by atoms with Crippen LogP contribution in [0, 0.1) is 0 Å². The van der Waals surface area contributed by atoms with Gasteiger partial charge in [-0.15, -0.1) is 11.3 Å². The molecule has 0 saturated carbocycles. The van der Waals surface area contributed by atoms with E-state index in [0.717, 1.165) is 13.0 Å². The van der Waals surface area contributed by atoms with Gasteiger partial charge in [-0.2, -0.15) is 0 Å². The molecule has 0 spiro atoms. The molecule has 1 unspecified atom stereocenters. The Kier molecular flexibility index (Phi) is 2.63. The summed E-state index contributed by atoms with van der Waals surface area (Å²) in [4.78, 5) is 1.44. The molecule has 1 aromatic heterocycles. The van der Waals surface area contributed by atoms with E-state index in [-0.39, 0.29) is 0 Å². The lowest BCUT2D eigenvalue weighted by molar-refractivity contribution is 0.670. The standard InChI is InChI=1S/C9H10BrNS/c10-7-4-9(12-6-7)5-8-2-1-3-11-8/h1-2,4,6,8,11H,3,5H2. The molecule has 0 bridgehead atoms. The molecule has 1 nitrogen and oxygen atoms in total. The molecule has 2 heterocycles. The first kappa shape index (κ1) is 8.48. The van der Waals surface area contributed by atoms with Gasteiger partial charge in [0.2, 0.25) is 0 Å². The molecule has 0 aromatic carbocycles. The molecule has 0 aliphatic carbocycles. The van der Waals surface area contributed by atoms with Crippen LogP contribution in [-0.2, 0) is 6.42 Å². The highest BCUT2D eigenvalue weighted by atomic mass is 79.9. The van der Waals surface area contributed by atoms with Gasteiger partial charge in [0.05, 0.1) is 0 Å². The molecule has 0 fully saturated rings. The molecular formula is C9H10BrNS. The van der Waals surface area contributed by atoms with Crippen molar-refractivity contribution in [3.05, 3.63) is 32.9 Å². The second-order valence-corrected chi connectivity index (χ2v) is 4.79. The maximum atomic E-state index is 3.45. The smallest absolute Gasteiger partial charge is 0.0301 e. The van der Waals surface area contributed by atoms with Crippen molar-refractivity contribution in [2.75, 3.05) is 6.54 Å². The quantitative estimate of drug-likeness (QED) is 0.788. The lowest BCUT2D eigenvalue weighted by atomic mass is 10.2. The number of rotatable bonds is 2. The summed E-state index contributed by atoms with van der Waals surface area (Å²) < 4.78 is 1.20. The third-order valence-corrected chi connectivity index (χ3v) is 3.63. The molecule has 3 heteroatoms. The van der Waals surface area contributed by atoms with E-state index in [1.54, 1.807) is 0 Å². The van der Waals surface area contributed by atoms with Gasteiger partial charge >= 0.3 is 0 Å². The third-order valence-electron chi connectivity index (χ3n) is 1.91. The fourth-order valence-corrected chi connectivity index (χ4v) is 2.85. The van der Waals surface area contributed by atoms with Crippen molar-refractivity contribution >= 4 is 27.3 Å². The van der Waals surface area contributed by atoms with E-state index in [4.69, 9.17) is 0 Å². The third kappa shape index (κ3) is 1.97. The lowest BCUT2D eigenvalue weighted by Gasteiger charge is -2.05. The Morgan fingerprint density at radius 1 is 1.67 bits per heavy atom. The summed E-state index contributed by atoms with van der Waals surface area (Å²) in [5.41, 5.74) is 0. The lowest BCUT2D eigenvalue weighted by Crippen LogP contribution is -2.23. The van der Waals surface area contributed by atoms with Crippen LogP contribution in [0.5, 0.6) is 0 Å². The fraction of sp³-hybridized carbons (Fsp3) is 0.333. The molecule has 0 amide bonds. The van der Waals surface area contributed by atoms with E-state index in [2.05, 4.69) is 44.8 Å². The Morgan fingerprint density at radius 2 is 2.58 bits per heavy atom. The Balaban J connectivity index is 1.98. The average Bonchev–Trinajstić information content (AvgIpc) is 2.63. The summed E-state index contributed by atoms with van der Waals surface area (Å²) in [6.07, 6.45) is 5.55. The molecular weight excluding hydrogens is 234 g/mol. The van der Waals surface area contributed by atoms with Crippen LogP contribution in [0.3, 0.4) is 0 Å². The maximum absolute atomic E-state index is 3.45. The number of thiophene rings is 1. The van der Waals surface area contributed by atoms with Crippen LogP contribution < -0.4 is 5.32 Å². The molecule has 1 aromatic rings. The van der Waals surface area contributed by atoms with Gasteiger partial charge in [-0.3, -0.25) is 0 Å². The van der Waals surface area contributed by atoms with Gasteiger partial charge in [0.1, 0.15) is 0 Å². The molecule has 0 saturated heterocycles. The normalized spacial score (nSPS) is 21.9. The molecule has 64 valence electrons. The topological polar surface area (TPSA) is 12.0 Å². The van der Waals surface area contributed by atoms with Crippen LogP contribution in [0.4, 0.5) is 0 Å². The van der Waals surface area contributed by atoms with Crippen LogP contribution in [-0.4, -0.2) is 12.6 Å². The average molecular weight is 244 g/mol. The zero-order valence-electron chi connectivity index (χ0n) is 6.59. The number of hydrogen-bond acceptors (Lipinski definition) is 2. The van der Waals surface area contributed by atoms with Crippen molar-refractivity contribution in [3.8, 4) is 0 Å². The van der Waals surface area contributed by atoms with Gasteiger partial charge in [-0.25, -0.2) is 0 Å². The molecule has 1 aliphatic rings. The highest BCUT2D eigenvalue weighted by Crippen LogP contribution is 2.21. The monoisotopic (exact) mass is 243 g/mol. The van der Waals surface area contributed by atoms with Crippen LogP contribution in [0.25, 0.3) is 0 Å². The van der Waals surface area contributed by atoms with Gasteiger partial charge in [-0.1, -0.05) is 12.2 Å². The Morgan fingerprint density at radius 3 is 3.17 bits per heavy atom. The Bertz CT molecular complexity index is 292. The molecule has 0 radical (unpaired) electrons. The van der Waals surface area contributed by atoms with E-state index < -0.39 is 0 Å².